The number of nitrogens with one attached hydrogen (secondary N) is 1. The molecule has 1 fully saturated rings. The molecule has 1 atom stereocenters. The van der Waals surface area contributed by atoms with Gasteiger partial charge in [-0.2, -0.15) is 0 Å². The summed E-state index contributed by atoms with van der Waals surface area (Å²) in [5.41, 5.74) is 1.57. The van der Waals surface area contributed by atoms with Crippen molar-refractivity contribution in [3.63, 3.8) is 0 Å². The second-order valence-corrected chi connectivity index (χ2v) is 7.02. The van der Waals surface area contributed by atoms with Gasteiger partial charge in [-0.3, -0.25) is 4.79 Å². The van der Waals surface area contributed by atoms with Crippen molar-refractivity contribution in [2.45, 2.75) is 12.5 Å². The molecule has 1 N–H and O–H groups in total. The van der Waals surface area contributed by atoms with E-state index in [0.29, 0.717) is 25.1 Å². The van der Waals surface area contributed by atoms with E-state index in [0.717, 1.165) is 23.8 Å². The second-order valence-electron chi connectivity index (χ2n) is 6.63. The largest absolute Gasteiger partial charge is 0.337 e. The first kappa shape index (κ1) is 17.8. The molecule has 27 heavy (non-hydrogen) atoms. The number of piperazine rings is 1. The summed E-state index contributed by atoms with van der Waals surface area (Å²) in [5.74, 6) is -1.83. The molecule has 2 aliphatic rings. The Kier molecular flexibility index (Phi) is 4.51. The van der Waals surface area contributed by atoms with Gasteiger partial charge < -0.3 is 15.1 Å². The molecule has 1 unspecified atom stereocenters. The fourth-order valence-electron chi connectivity index (χ4n) is 3.71. The van der Waals surface area contributed by atoms with Crippen molar-refractivity contribution in [2.75, 3.05) is 25.0 Å². The van der Waals surface area contributed by atoms with Crippen molar-refractivity contribution in [1.29, 1.82) is 0 Å². The smallest absolute Gasteiger partial charge is 0.242 e. The van der Waals surface area contributed by atoms with E-state index in [4.69, 9.17) is 12.2 Å². The molecule has 0 bridgehead atoms. The van der Waals surface area contributed by atoms with E-state index >= 15 is 0 Å². The zero-order chi connectivity index (χ0) is 19.1. The molecule has 2 heterocycles. The molecule has 0 radical (unpaired) electrons. The molecule has 1 amide bonds. The van der Waals surface area contributed by atoms with Crippen LogP contribution in [0.25, 0.3) is 0 Å². The number of benzene rings is 2. The number of rotatable bonds is 1. The van der Waals surface area contributed by atoms with Crippen molar-refractivity contribution in [3.8, 4) is 0 Å². The number of anilines is 1. The lowest BCUT2D eigenvalue weighted by Crippen LogP contribution is -2.56. The highest BCUT2D eigenvalue weighted by atomic mass is 32.1. The monoisotopic (exact) mass is 391 g/mol. The molecule has 140 valence electrons. The van der Waals surface area contributed by atoms with Crippen LogP contribution in [-0.2, 0) is 11.2 Å². The molecular formula is C19H16F3N3OS. The maximum Gasteiger partial charge on any atom is 0.242 e. The molecule has 2 aromatic rings. The summed E-state index contributed by atoms with van der Waals surface area (Å²) >= 11 is 5.34. The Morgan fingerprint density at radius 2 is 1.89 bits per heavy atom. The van der Waals surface area contributed by atoms with Gasteiger partial charge in [-0.1, -0.05) is 12.1 Å². The van der Waals surface area contributed by atoms with E-state index in [-0.39, 0.29) is 35.1 Å². The van der Waals surface area contributed by atoms with Crippen molar-refractivity contribution in [1.82, 2.24) is 9.80 Å². The number of nitrogens with zero attached hydrogens (tertiary/aromatic N) is 2. The average molecular weight is 391 g/mol. The highest BCUT2D eigenvalue weighted by Gasteiger charge is 2.38. The minimum Gasteiger partial charge on any atom is -0.337 e. The molecule has 4 rings (SSSR count). The third-order valence-electron chi connectivity index (χ3n) is 4.93. The molecular weight excluding hydrogens is 375 g/mol. The van der Waals surface area contributed by atoms with E-state index in [1.807, 2.05) is 6.07 Å². The summed E-state index contributed by atoms with van der Waals surface area (Å²) in [6, 6.07) is 7.58. The number of halogens is 3. The summed E-state index contributed by atoms with van der Waals surface area (Å²) in [6.45, 7) is 0.900. The van der Waals surface area contributed by atoms with Gasteiger partial charge in [-0.05, 0) is 48.0 Å². The topological polar surface area (TPSA) is 35.6 Å². The van der Waals surface area contributed by atoms with Crippen LogP contribution in [-0.4, -0.2) is 40.5 Å². The van der Waals surface area contributed by atoms with Crippen molar-refractivity contribution >= 4 is 28.9 Å². The Hall–Kier alpha value is -2.61. The van der Waals surface area contributed by atoms with E-state index in [1.54, 1.807) is 15.9 Å². The zero-order valence-corrected chi connectivity index (χ0v) is 15.0. The van der Waals surface area contributed by atoms with Gasteiger partial charge in [0.2, 0.25) is 5.91 Å². The van der Waals surface area contributed by atoms with Gasteiger partial charge in [0.25, 0.3) is 0 Å². The van der Waals surface area contributed by atoms with Crippen LogP contribution >= 0.6 is 12.2 Å². The fourth-order valence-corrected chi connectivity index (χ4v) is 3.97. The van der Waals surface area contributed by atoms with Crippen LogP contribution in [0, 0.1) is 17.5 Å². The number of carbonyl (C=O) groups is 1. The van der Waals surface area contributed by atoms with Crippen molar-refractivity contribution in [2.24, 2.45) is 0 Å². The number of carbonyl (C=O) groups excluding carboxylic acids is 1. The van der Waals surface area contributed by atoms with Crippen LogP contribution in [0.3, 0.4) is 0 Å². The second kappa shape index (κ2) is 6.84. The Balaban J connectivity index is 1.57. The third kappa shape index (κ3) is 3.37. The van der Waals surface area contributed by atoms with Gasteiger partial charge in [0.15, 0.2) is 5.11 Å². The van der Waals surface area contributed by atoms with Crippen LogP contribution in [0.4, 0.5) is 18.9 Å². The average Bonchev–Trinajstić information content (AvgIpc) is 2.61. The van der Waals surface area contributed by atoms with Gasteiger partial charge in [-0.15, -0.1) is 0 Å². The van der Waals surface area contributed by atoms with Gasteiger partial charge in [0, 0.05) is 24.8 Å². The minimum absolute atomic E-state index is 0.0603. The van der Waals surface area contributed by atoms with Crippen LogP contribution < -0.4 is 5.32 Å². The summed E-state index contributed by atoms with van der Waals surface area (Å²) in [6.07, 6.45) is 0.482. The Bertz CT molecular complexity index is 916. The summed E-state index contributed by atoms with van der Waals surface area (Å²) in [4.78, 5) is 16.0. The van der Waals surface area contributed by atoms with Gasteiger partial charge >= 0.3 is 0 Å². The Labute approximate surface area is 159 Å². The first-order chi connectivity index (χ1) is 12.9. The van der Waals surface area contributed by atoms with E-state index in [2.05, 4.69) is 5.32 Å². The lowest BCUT2D eigenvalue weighted by Gasteiger charge is -2.45. The molecule has 0 spiro atoms. The first-order valence-corrected chi connectivity index (χ1v) is 8.92. The van der Waals surface area contributed by atoms with Crippen LogP contribution in [0.15, 0.2) is 36.4 Å². The van der Waals surface area contributed by atoms with Gasteiger partial charge in [0.05, 0.1) is 12.6 Å². The molecule has 0 aromatic heterocycles. The molecule has 0 aliphatic carbocycles. The standard InChI is InChI=1S/C19H16F3N3OS/c20-11-6-12(21)8-13(7-11)23-19(27)24-9-17-15-2-1-3-16(22)14(15)4-5-25(17)18(26)10-24/h1-3,6-8,17H,4-5,9-10H2,(H,23,27). The lowest BCUT2D eigenvalue weighted by molar-refractivity contribution is -0.138. The van der Waals surface area contributed by atoms with Crippen LogP contribution in [0.5, 0.6) is 0 Å². The number of amides is 1. The van der Waals surface area contributed by atoms with E-state index in [9.17, 15) is 18.0 Å². The summed E-state index contributed by atoms with van der Waals surface area (Å²) in [7, 11) is 0. The highest BCUT2D eigenvalue weighted by Crippen LogP contribution is 2.34. The molecule has 4 nitrogen and oxygen atoms in total. The maximum absolute atomic E-state index is 14.1. The van der Waals surface area contributed by atoms with Gasteiger partial charge in [-0.25, -0.2) is 13.2 Å². The minimum atomic E-state index is -0.724. The molecule has 2 aliphatic heterocycles. The van der Waals surface area contributed by atoms with E-state index in [1.165, 1.54) is 6.07 Å². The lowest BCUT2D eigenvalue weighted by atomic mass is 9.90. The normalized spacial score (nSPS) is 18.8. The van der Waals surface area contributed by atoms with Crippen molar-refractivity contribution in [3.05, 3.63) is 65.0 Å². The number of thiocarbonyl (C=S) groups is 1. The van der Waals surface area contributed by atoms with Crippen LogP contribution in [0.1, 0.15) is 17.2 Å². The highest BCUT2D eigenvalue weighted by molar-refractivity contribution is 7.80. The molecule has 0 saturated carbocycles. The van der Waals surface area contributed by atoms with E-state index < -0.39 is 11.6 Å². The SMILES string of the molecule is O=C1CN(C(=S)Nc2cc(F)cc(F)c2)CC2c3cccc(F)c3CCN12. The Morgan fingerprint density at radius 3 is 2.63 bits per heavy atom. The number of fused-ring (bicyclic) bond motifs is 3. The summed E-state index contributed by atoms with van der Waals surface area (Å²) < 4.78 is 40.9. The molecule has 8 heteroatoms. The Morgan fingerprint density at radius 1 is 1.15 bits per heavy atom. The van der Waals surface area contributed by atoms with Crippen LogP contribution in [0.2, 0.25) is 0 Å². The number of hydrogen-bond acceptors (Lipinski definition) is 2. The van der Waals surface area contributed by atoms with Crippen molar-refractivity contribution < 1.29 is 18.0 Å². The first-order valence-electron chi connectivity index (χ1n) is 8.51. The zero-order valence-electron chi connectivity index (χ0n) is 14.2. The fraction of sp³-hybridized carbons (Fsp3) is 0.263. The summed E-state index contributed by atoms with van der Waals surface area (Å²) in [5, 5.41) is 2.97. The predicted octanol–water partition coefficient (Wildman–Crippen LogP) is 3.24. The quantitative estimate of drug-likeness (QED) is 0.757. The molecule has 2 aromatic carbocycles. The number of hydrogen-bond donors (Lipinski definition) is 1. The van der Waals surface area contributed by atoms with Gasteiger partial charge in [0.1, 0.15) is 17.5 Å². The third-order valence-corrected chi connectivity index (χ3v) is 5.29. The molecule has 1 saturated heterocycles. The maximum atomic E-state index is 14.1. The predicted molar refractivity (Wildman–Crippen MR) is 98.7 cm³/mol.